The normalized spacial score (nSPS) is 15.9. The van der Waals surface area contributed by atoms with Crippen molar-refractivity contribution in [2.75, 3.05) is 28.8 Å². The van der Waals surface area contributed by atoms with Crippen LogP contribution in [0.3, 0.4) is 0 Å². The molecule has 1 amide bonds. The van der Waals surface area contributed by atoms with Gasteiger partial charge in [0.15, 0.2) is 0 Å². The number of hydrogen-bond acceptors (Lipinski definition) is 4. The topological polar surface area (TPSA) is 69.7 Å². The molecule has 38 heavy (non-hydrogen) atoms. The van der Waals surface area contributed by atoms with Gasteiger partial charge in [-0.15, -0.1) is 0 Å². The molecular formula is C31H39N3O3S. The third-order valence-corrected chi connectivity index (χ3v) is 8.98. The van der Waals surface area contributed by atoms with Gasteiger partial charge in [-0.05, 0) is 79.1 Å². The van der Waals surface area contributed by atoms with E-state index in [9.17, 15) is 13.2 Å². The first-order chi connectivity index (χ1) is 18.1. The fourth-order valence-electron chi connectivity index (χ4n) is 4.81. The lowest BCUT2D eigenvalue weighted by Crippen LogP contribution is -2.40. The van der Waals surface area contributed by atoms with E-state index in [-0.39, 0.29) is 17.3 Å². The number of benzene rings is 3. The zero-order chi connectivity index (χ0) is 27.3. The number of aryl methyl sites for hydroxylation is 1. The van der Waals surface area contributed by atoms with E-state index in [0.29, 0.717) is 24.1 Å². The van der Waals surface area contributed by atoms with Crippen LogP contribution >= 0.6 is 0 Å². The van der Waals surface area contributed by atoms with Crippen molar-refractivity contribution in [1.82, 2.24) is 5.32 Å². The van der Waals surface area contributed by atoms with Gasteiger partial charge in [0.1, 0.15) is 6.54 Å². The summed E-state index contributed by atoms with van der Waals surface area (Å²) in [6.45, 7) is 10.5. The molecule has 1 aliphatic rings. The van der Waals surface area contributed by atoms with Gasteiger partial charge in [-0.3, -0.25) is 9.10 Å². The van der Waals surface area contributed by atoms with Crippen LogP contribution in [0.25, 0.3) is 0 Å². The highest BCUT2D eigenvalue weighted by Crippen LogP contribution is 2.26. The standard InChI is InChI=1S/C31H39N3O3S/c1-23(2)27-11-15-29(16-12-27)34(38(36,37)30-17-7-24(3)8-18-30)22-31(35)32-20-26-9-13-28(14-10-26)33-19-5-6-25(4)21-33/h7-18,23,25H,5-6,19-22H2,1-4H3,(H,32,35). The second-order valence-electron chi connectivity index (χ2n) is 10.7. The first-order valence-corrected chi connectivity index (χ1v) is 14.9. The van der Waals surface area contributed by atoms with E-state index in [1.807, 2.05) is 31.2 Å². The third kappa shape index (κ3) is 6.76. The van der Waals surface area contributed by atoms with Gasteiger partial charge in [0.25, 0.3) is 10.0 Å². The van der Waals surface area contributed by atoms with Crippen molar-refractivity contribution in [2.24, 2.45) is 5.92 Å². The maximum absolute atomic E-state index is 13.6. The SMILES string of the molecule is Cc1ccc(S(=O)(=O)N(CC(=O)NCc2ccc(N3CCCC(C)C3)cc2)c2ccc(C(C)C)cc2)cc1. The number of amides is 1. The fourth-order valence-corrected chi connectivity index (χ4v) is 6.23. The zero-order valence-corrected chi connectivity index (χ0v) is 23.7. The molecule has 1 atom stereocenters. The number of rotatable bonds is 9. The van der Waals surface area contributed by atoms with Crippen LogP contribution in [-0.2, 0) is 21.4 Å². The van der Waals surface area contributed by atoms with Gasteiger partial charge in [-0.2, -0.15) is 0 Å². The molecule has 202 valence electrons. The highest BCUT2D eigenvalue weighted by Gasteiger charge is 2.27. The second kappa shape index (κ2) is 12.0. The number of nitrogens with one attached hydrogen (secondary N) is 1. The quantitative estimate of drug-likeness (QED) is 0.374. The van der Waals surface area contributed by atoms with Crippen LogP contribution in [0.2, 0.25) is 0 Å². The molecule has 7 heteroatoms. The maximum Gasteiger partial charge on any atom is 0.264 e. The van der Waals surface area contributed by atoms with Gasteiger partial charge in [-0.1, -0.05) is 62.7 Å². The highest BCUT2D eigenvalue weighted by molar-refractivity contribution is 7.92. The number of piperidine rings is 1. The van der Waals surface area contributed by atoms with Gasteiger partial charge >= 0.3 is 0 Å². The van der Waals surface area contributed by atoms with Crippen LogP contribution in [0.4, 0.5) is 11.4 Å². The number of hydrogen-bond donors (Lipinski definition) is 1. The van der Waals surface area contributed by atoms with Crippen LogP contribution in [-0.4, -0.2) is 34.0 Å². The van der Waals surface area contributed by atoms with Crippen LogP contribution in [0.5, 0.6) is 0 Å². The fraction of sp³-hybridized carbons (Fsp3) is 0.387. The Labute approximate surface area is 227 Å². The van der Waals surface area contributed by atoms with Crippen molar-refractivity contribution in [3.05, 3.63) is 89.5 Å². The van der Waals surface area contributed by atoms with Gasteiger partial charge in [0, 0.05) is 25.3 Å². The molecule has 1 aliphatic heterocycles. The minimum absolute atomic E-state index is 0.159. The summed E-state index contributed by atoms with van der Waals surface area (Å²) in [4.78, 5) is 15.6. The van der Waals surface area contributed by atoms with E-state index in [1.54, 1.807) is 36.4 Å². The maximum atomic E-state index is 13.6. The first-order valence-electron chi connectivity index (χ1n) is 13.4. The summed E-state index contributed by atoms with van der Waals surface area (Å²) in [6.07, 6.45) is 2.49. The zero-order valence-electron chi connectivity index (χ0n) is 22.9. The van der Waals surface area contributed by atoms with E-state index >= 15 is 0 Å². The molecule has 0 spiro atoms. The Kier molecular flexibility index (Phi) is 8.77. The van der Waals surface area contributed by atoms with Crippen molar-refractivity contribution < 1.29 is 13.2 Å². The Bertz CT molecular complexity index is 1320. The Balaban J connectivity index is 1.47. The molecule has 0 radical (unpaired) electrons. The second-order valence-corrected chi connectivity index (χ2v) is 12.6. The molecule has 1 N–H and O–H groups in total. The molecule has 6 nitrogen and oxygen atoms in total. The Morgan fingerprint density at radius 2 is 1.66 bits per heavy atom. The van der Waals surface area contributed by atoms with Crippen molar-refractivity contribution >= 4 is 27.3 Å². The minimum Gasteiger partial charge on any atom is -0.371 e. The molecule has 1 fully saturated rings. The molecule has 1 unspecified atom stereocenters. The van der Waals surface area contributed by atoms with Crippen LogP contribution in [0.15, 0.2) is 77.7 Å². The average molecular weight is 534 g/mol. The number of carbonyl (C=O) groups is 1. The number of carbonyl (C=O) groups excluding carboxylic acids is 1. The lowest BCUT2D eigenvalue weighted by molar-refractivity contribution is -0.119. The predicted octanol–water partition coefficient (Wildman–Crippen LogP) is 5.87. The molecule has 0 aliphatic carbocycles. The predicted molar refractivity (Wildman–Crippen MR) is 155 cm³/mol. The minimum atomic E-state index is -3.94. The van der Waals surface area contributed by atoms with E-state index in [0.717, 1.165) is 29.8 Å². The van der Waals surface area contributed by atoms with Crippen molar-refractivity contribution in [3.8, 4) is 0 Å². The molecule has 0 bridgehead atoms. The summed E-state index contributed by atoms with van der Waals surface area (Å²) in [6, 6.07) is 22.3. The smallest absolute Gasteiger partial charge is 0.264 e. The Morgan fingerprint density at radius 3 is 2.26 bits per heavy atom. The van der Waals surface area contributed by atoms with Crippen LogP contribution in [0.1, 0.15) is 56.2 Å². The van der Waals surface area contributed by atoms with E-state index in [2.05, 4.69) is 43.1 Å². The summed E-state index contributed by atoms with van der Waals surface area (Å²) in [5.74, 6) is 0.658. The van der Waals surface area contributed by atoms with Gasteiger partial charge in [0.2, 0.25) is 5.91 Å². The van der Waals surface area contributed by atoms with Crippen LogP contribution in [0, 0.1) is 12.8 Å². The van der Waals surface area contributed by atoms with E-state index in [4.69, 9.17) is 0 Å². The molecule has 3 aromatic carbocycles. The number of anilines is 2. The summed E-state index contributed by atoms with van der Waals surface area (Å²) in [5, 5.41) is 2.91. The molecule has 1 heterocycles. The third-order valence-electron chi connectivity index (χ3n) is 7.19. The van der Waals surface area contributed by atoms with Crippen molar-refractivity contribution in [1.29, 1.82) is 0 Å². The molecule has 0 saturated carbocycles. The molecular weight excluding hydrogens is 494 g/mol. The molecule has 4 rings (SSSR count). The van der Waals surface area contributed by atoms with Gasteiger partial charge in [0.05, 0.1) is 10.6 Å². The molecule has 0 aromatic heterocycles. The number of nitrogens with zero attached hydrogens (tertiary/aromatic N) is 2. The molecule has 1 saturated heterocycles. The summed E-state index contributed by atoms with van der Waals surface area (Å²) in [5.41, 5.74) is 4.71. The lowest BCUT2D eigenvalue weighted by Gasteiger charge is -2.32. The lowest BCUT2D eigenvalue weighted by atomic mass is 9.99. The monoisotopic (exact) mass is 533 g/mol. The first kappa shape index (κ1) is 27.7. The summed E-state index contributed by atoms with van der Waals surface area (Å²) < 4.78 is 28.4. The van der Waals surface area contributed by atoms with E-state index in [1.165, 1.54) is 22.8 Å². The largest absolute Gasteiger partial charge is 0.371 e. The highest BCUT2D eigenvalue weighted by atomic mass is 32.2. The van der Waals surface area contributed by atoms with Gasteiger partial charge in [-0.25, -0.2) is 8.42 Å². The van der Waals surface area contributed by atoms with Crippen molar-refractivity contribution in [2.45, 2.75) is 57.9 Å². The van der Waals surface area contributed by atoms with Crippen LogP contribution < -0.4 is 14.5 Å². The number of sulfonamides is 1. The average Bonchev–Trinajstić information content (AvgIpc) is 2.91. The van der Waals surface area contributed by atoms with Gasteiger partial charge < -0.3 is 10.2 Å². The summed E-state index contributed by atoms with van der Waals surface area (Å²) >= 11 is 0. The summed E-state index contributed by atoms with van der Waals surface area (Å²) in [7, 11) is -3.94. The molecule has 3 aromatic rings. The van der Waals surface area contributed by atoms with Crippen molar-refractivity contribution in [3.63, 3.8) is 0 Å². The Morgan fingerprint density at radius 1 is 1.00 bits per heavy atom. The van der Waals surface area contributed by atoms with E-state index < -0.39 is 10.0 Å². The Hall–Kier alpha value is -3.32.